The lowest BCUT2D eigenvalue weighted by molar-refractivity contribution is -0.491. The van der Waals surface area contributed by atoms with Crippen molar-refractivity contribution in [3.05, 3.63) is 70.3 Å². The van der Waals surface area contributed by atoms with Crippen molar-refractivity contribution in [1.82, 2.24) is 0 Å². The van der Waals surface area contributed by atoms with Gasteiger partial charge in [0.15, 0.2) is 10.9 Å². The van der Waals surface area contributed by atoms with E-state index in [1.165, 1.54) is 55.6 Å². The molecule has 0 saturated carbocycles. The fourth-order valence-electron chi connectivity index (χ4n) is 1.97. The van der Waals surface area contributed by atoms with Gasteiger partial charge in [0.05, 0.1) is 17.6 Å². The molecule has 9 heteroatoms. The lowest BCUT2D eigenvalue weighted by Crippen LogP contribution is -2.35. The molecule has 0 amide bonds. The molecule has 2 aromatic rings. The molecule has 0 aliphatic carbocycles. The number of benzene rings is 2. The van der Waals surface area contributed by atoms with Crippen LogP contribution in [0.3, 0.4) is 0 Å². The molecule has 126 valence electrons. The zero-order valence-corrected chi connectivity index (χ0v) is 13.5. The number of sulfone groups is 1. The monoisotopic (exact) mass is 350 g/mol. The summed E-state index contributed by atoms with van der Waals surface area (Å²) in [5.41, 5.74) is 0.239. The molecular formula is C15H14N2O6S. The third-order valence-corrected chi connectivity index (χ3v) is 4.75. The van der Waals surface area contributed by atoms with Crippen LogP contribution in [0.5, 0.6) is 0 Å². The van der Waals surface area contributed by atoms with Gasteiger partial charge in [0.1, 0.15) is 5.69 Å². The number of nitrogens with zero attached hydrogens (tertiary/aromatic N) is 2. The molecule has 0 radical (unpaired) electrons. The van der Waals surface area contributed by atoms with Crippen molar-refractivity contribution in [2.24, 2.45) is 0 Å². The number of methoxy groups -OCH3 is 1. The first kappa shape index (κ1) is 17.4. The molecule has 0 spiro atoms. The Bertz CT molecular complexity index is 834. The van der Waals surface area contributed by atoms with Crippen LogP contribution in [0.1, 0.15) is 10.4 Å². The van der Waals surface area contributed by atoms with Gasteiger partial charge in [0, 0.05) is 0 Å². The number of hydrazine groups is 1. The number of nitro groups is 1. The number of carbonyl (C=O) groups excluding carboxylic acids is 1. The van der Waals surface area contributed by atoms with Gasteiger partial charge in [-0.25, -0.2) is 23.3 Å². The molecular weight excluding hydrogens is 336 g/mol. The quantitative estimate of drug-likeness (QED) is 0.445. The fraction of sp³-hybridized carbons (Fsp3) is 0.133. The topological polar surface area (TPSA) is 107 Å². The number of carbonyl (C=O) groups is 1. The predicted molar refractivity (Wildman–Crippen MR) is 85.7 cm³/mol. The molecule has 0 bridgehead atoms. The maximum Gasteiger partial charge on any atom is 0.337 e. The minimum atomic E-state index is -3.89. The average Bonchev–Trinajstić information content (AvgIpc) is 2.60. The van der Waals surface area contributed by atoms with E-state index in [2.05, 4.69) is 4.74 Å². The number of hydrogen-bond acceptors (Lipinski definition) is 6. The Morgan fingerprint density at radius 2 is 1.71 bits per heavy atom. The maximum absolute atomic E-state index is 12.3. The summed E-state index contributed by atoms with van der Waals surface area (Å²) in [6, 6.07) is 12.7. The summed E-state index contributed by atoms with van der Waals surface area (Å²) in [5, 5.41) is 11.0. The van der Waals surface area contributed by atoms with Crippen LogP contribution >= 0.6 is 0 Å². The summed E-state index contributed by atoms with van der Waals surface area (Å²) in [6.45, 7) is 0. The molecule has 0 heterocycles. The average molecular weight is 350 g/mol. The Hall–Kier alpha value is -2.94. The standard InChI is InChI=1S/C15H14N2O6S/c1-23-15(18)12-7-9-13(10-8-12)16(17(19)20)11-24(21,22)14-5-3-2-4-6-14/h2-10H,11H2,1H3. The number of esters is 1. The Balaban J connectivity index is 2.30. The van der Waals surface area contributed by atoms with E-state index in [4.69, 9.17) is 0 Å². The lowest BCUT2D eigenvalue weighted by Gasteiger charge is -2.14. The molecule has 0 saturated heterocycles. The highest BCUT2D eigenvalue weighted by molar-refractivity contribution is 7.91. The largest absolute Gasteiger partial charge is 0.465 e. The predicted octanol–water partition coefficient (Wildman–Crippen LogP) is 1.90. The molecule has 8 nitrogen and oxygen atoms in total. The van der Waals surface area contributed by atoms with Gasteiger partial charge < -0.3 is 4.74 Å². The highest BCUT2D eigenvalue weighted by atomic mass is 32.2. The Morgan fingerprint density at radius 1 is 1.12 bits per heavy atom. The summed E-state index contributed by atoms with van der Waals surface area (Å²) in [7, 11) is -2.68. The fourth-order valence-corrected chi connectivity index (χ4v) is 3.25. The van der Waals surface area contributed by atoms with Gasteiger partial charge in [-0.1, -0.05) is 23.2 Å². The van der Waals surface area contributed by atoms with Gasteiger partial charge in [-0.15, -0.1) is 0 Å². The zero-order valence-electron chi connectivity index (χ0n) is 12.7. The van der Waals surface area contributed by atoms with Gasteiger partial charge >= 0.3 is 5.97 Å². The van der Waals surface area contributed by atoms with Crippen LogP contribution in [0.25, 0.3) is 0 Å². The van der Waals surface area contributed by atoms with E-state index in [-0.39, 0.29) is 16.1 Å². The molecule has 2 rings (SSSR count). The van der Waals surface area contributed by atoms with E-state index >= 15 is 0 Å². The molecule has 0 N–H and O–H groups in total. The van der Waals surface area contributed by atoms with Crippen molar-refractivity contribution >= 4 is 21.5 Å². The van der Waals surface area contributed by atoms with Gasteiger partial charge in [0.2, 0.25) is 9.84 Å². The minimum Gasteiger partial charge on any atom is -0.465 e. The van der Waals surface area contributed by atoms with Crippen molar-refractivity contribution in [3.63, 3.8) is 0 Å². The van der Waals surface area contributed by atoms with Crippen LogP contribution in [-0.2, 0) is 14.6 Å². The highest BCUT2D eigenvalue weighted by Gasteiger charge is 2.27. The molecule has 0 unspecified atom stereocenters. The summed E-state index contributed by atoms with van der Waals surface area (Å²) in [6.07, 6.45) is 0. The second kappa shape index (κ2) is 7.09. The van der Waals surface area contributed by atoms with Crippen molar-refractivity contribution in [3.8, 4) is 0 Å². The van der Waals surface area contributed by atoms with Crippen LogP contribution < -0.4 is 5.01 Å². The van der Waals surface area contributed by atoms with Crippen molar-refractivity contribution in [2.45, 2.75) is 4.90 Å². The molecule has 24 heavy (non-hydrogen) atoms. The number of ether oxygens (including phenoxy) is 1. The molecule has 2 aromatic carbocycles. The van der Waals surface area contributed by atoms with Gasteiger partial charge in [-0.3, -0.25) is 0 Å². The van der Waals surface area contributed by atoms with E-state index in [9.17, 15) is 23.3 Å². The van der Waals surface area contributed by atoms with E-state index in [0.29, 0.717) is 5.01 Å². The van der Waals surface area contributed by atoms with E-state index in [1.807, 2.05) is 0 Å². The third-order valence-electron chi connectivity index (χ3n) is 3.18. The Kier molecular flexibility index (Phi) is 5.14. The Morgan fingerprint density at radius 3 is 2.21 bits per heavy atom. The summed E-state index contributed by atoms with van der Waals surface area (Å²) >= 11 is 0. The highest BCUT2D eigenvalue weighted by Crippen LogP contribution is 2.19. The third kappa shape index (κ3) is 3.87. The van der Waals surface area contributed by atoms with Gasteiger partial charge in [0.25, 0.3) is 0 Å². The first-order valence-corrected chi connectivity index (χ1v) is 8.38. The molecule has 0 fully saturated rings. The SMILES string of the molecule is COC(=O)c1ccc(N(CS(=O)(=O)c2ccccc2)[N+](=O)[O-])cc1. The molecule has 0 aliphatic rings. The van der Waals surface area contributed by atoms with E-state index < -0.39 is 26.7 Å². The van der Waals surface area contributed by atoms with Crippen molar-refractivity contribution in [2.75, 3.05) is 18.0 Å². The molecule has 0 aliphatic heterocycles. The minimum absolute atomic E-state index is 0.0111. The molecule has 0 aromatic heterocycles. The van der Waals surface area contributed by atoms with Crippen LogP contribution in [0.2, 0.25) is 0 Å². The smallest absolute Gasteiger partial charge is 0.337 e. The zero-order chi connectivity index (χ0) is 17.7. The second-order valence-corrected chi connectivity index (χ2v) is 6.69. The molecule has 0 atom stereocenters. The number of hydrogen-bond donors (Lipinski definition) is 0. The van der Waals surface area contributed by atoms with E-state index in [0.717, 1.165) is 0 Å². The number of anilines is 1. The van der Waals surface area contributed by atoms with Crippen molar-refractivity contribution in [1.29, 1.82) is 0 Å². The summed E-state index contributed by atoms with van der Waals surface area (Å²) in [4.78, 5) is 22.6. The first-order valence-electron chi connectivity index (χ1n) is 6.73. The lowest BCUT2D eigenvalue weighted by atomic mass is 10.2. The second-order valence-electron chi connectivity index (χ2n) is 4.73. The number of rotatable bonds is 6. The van der Waals surface area contributed by atoms with Crippen LogP contribution in [0.15, 0.2) is 59.5 Å². The summed E-state index contributed by atoms with van der Waals surface area (Å²) in [5.74, 6) is -1.42. The van der Waals surface area contributed by atoms with Gasteiger partial charge in [-0.05, 0) is 36.4 Å². The maximum atomic E-state index is 12.3. The van der Waals surface area contributed by atoms with Crippen molar-refractivity contribution < 1.29 is 23.0 Å². The van der Waals surface area contributed by atoms with Crippen LogP contribution in [-0.4, -0.2) is 32.4 Å². The Labute approximate surface area is 138 Å². The van der Waals surface area contributed by atoms with Crippen LogP contribution in [0, 0.1) is 10.1 Å². The first-order chi connectivity index (χ1) is 11.3. The summed E-state index contributed by atoms with van der Waals surface area (Å²) < 4.78 is 29.2. The van der Waals surface area contributed by atoms with Crippen LogP contribution in [0.4, 0.5) is 5.69 Å². The normalized spacial score (nSPS) is 10.9. The van der Waals surface area contributed by atoms with E-state index in [1.54, 1.807) is 6.07 Å². The van der Waals surface area contributed by atoms with Gasteiger partial charge in [-0.2, -0.15) is 0 Å².